The van der Waals surface area contributed by atoms with E-state index in [1.807, 2.05) is 4.19 Å². The summed E-state index contributed by atoms with van der Waals surface area (Å²) in [6.07, 6.45) is -4.53. The minimum absolute atomic E-state index is 0. The van der Waals surface area contributed by atoms with E-state index < -0.39 is 24.1 Å². The van der Waals surface area contributed by atoms with Crippen LogP contribution in [0.4, 0.5) is 0 Å². The number of nitroso groups, excluding NO2 is 1. The molecule has 2 unspecified atom stereocenters. The van der Waals surface area contributed by atoms with E-state index in [9.17, 15) is 9.59 Å². The van der Waals surface area contributed by atoms with Crippen molar-refractivity contribution < 1.29 is 46.2 Å². The van der Waals surface area contributed by atoms with Crippen LogP contribution in [-0.4, -0.2) is 104 Å². The van der Waals surface area contributed by atoms with Crippen molar-refractivity contribution >= 4 is 71.1 Å². The molecule has 0 fully saturated rings. The predicted octanol–water partition coefficient (Wildman–Crippen LogP) is -2.37. The molecule has 27 heavy (non-hydrogen) atoms. The molecule has 0 radical (unpaired) electrons. The minimum atomic E-state index is -2.27. The normalized spacial score (nSPS) is 6.78. The van der Waals surface area contributed by atoms with Crippen LogP contribution in [0.5, 0.6) is 0 Å². The second kappa shape index (κ2) is 105. The van der Waals surface area contributed by atoms with Gasteiger partial charge in [-0.2, -0.15) is 0 Å². The van der Waals surface area contributed by atoms with E-state index in [2.05, 4.69) is 55.7 Å². The van der Waals surface area contributed by atoms with Crippen LogP contribution < -0.4 is 0 Å². The average Bonchev–Trinajstić information content (AvgIpc) is 2.70. The van der Waals surface area contributed by atoms with E-state index in [-0.39, 0.29) is 59.1 Å². The number of aliphatic hydroxyl groups is 2. The molecule has 0 rings (SSSR count). The summed E-state index contributed by atoms with van der Waals surface area (Å²) in [5, 5.41) is 71.5. The first kappa shape index (κ1) is 64.1. The maximum atomic E-state index is 9.77. The molecule has 0 aromatic heterocycles. The molecule has 2 atom stereocenters. The fraction of sp³-hybridized carbons (Fsp3) is 0.200. The van der Waals surface area contributed by atoms with E-state index in [1.54, 1.807) is 0 Å². The number of carbonyl (C=O) groups is 2. The zero-order valence-electron chi connectivity index (χ0n) is 12.1. The summed E-state index contributed by atoms with van der Waals surface area (Å²) >= 11 is 2.56. The summed E-state index contributed by atoms with van der Waals surface area (Å²) in [5.41, 5.74) is 0. The van der Waals surface area contributed by atoms with E-state index in [0.717, 1.165) is 0 Å². The molecule has 14 nitrogen and oxygen atoms in total. The molecule has 17 heteroatoms. The van der Waals surface area contributed by atoms with Crippen LogP contribution in [0.1, 0.15) is 0 Å². The number of hydrogen-bond donors (Lipinski definition) is 4. The summed E-state index contributed by atoms with van der Waals surface area (Å²) < 4.78 is 2.00. The molecule has 0 spiro atoms. The molecular formula is C10H14FeN7Na2O7. The molecule has 0 aliphatic carbocycles. The van der Waals surface area contributed by atoms with Gasteiger partial charge in [0.2, 0.25) is 0 Å². The van der Waals surface area contributed by atoms with Crippen molar-refractivity contribution in [2.24, 2.45) is 4.19 Å². The summed E-state index contributed by atoms with van der Waals surface area (Å²) in [4.78, 5) is 28.0. The number of rotatable bonds is 3. The molecular weight excluding hydrogens is 432 g/mol. The molecule has 0 bridgehead atoms. The zero-order chi connectivity index (χ0) is 23.0. The summed E-state index contributed by atoms with van der Waals surface area (Å²) in [6, 6.07) is 0. The van der Waals surface area contributed by atoms with E-state index in [0.29, 0.717) is 0 Å². The SMILES string of the molecule is C#N.C#N.C#N.C#N.C#N.C#N.O=C(O)C(O)C(O)C(=O)O.O=[N][Fe].[NaH].[NaH]. The molecule has 0 heterocycles. The average molecular weight is 446 g/mol. The monoisotopic (exact) mass is 446 g/mol. The van der Waals surface area contributed by atoms with Crippen molar-refractivity contribution in [1.29, 1.82) is 31.6 Å². The molecule has 0 aliphatic rings. The molecule has 0 saturated carbocycles. The standard InChI is InChI=1S/C4H6O6.6CHN.Fe.NO.2Na.2H/c5-1(3(7)8)2(6)4(9)10;6*1-2;;1-2;;;;/h1-2,5-6H,(H,7,8)(H,9,10);6*1H;;;;;;/q;;;;;;;+1;-1;;;;. The number of nitrogens with zero attached hydrogens (tertiary/aromatic N) is 7. The van der Waals surface area contributed by atoms with Gasteiger partial charge >= 0.3 is 96.4 Å². The second-order valence-corrected chi connectivity index (χ2v) is 1.83. The molecule has 0 aromatic rings. The Morgan fingerprint density at radius 3 is 0.778 bits per heavy atom. The van der Waals surface area contributed by atoms with Gasteiger partial charge in [-0.25, -0.2) is 41.2 Å². The predicted molar refractivity (Wildman–Crippen MR) is 87.4 cm³/mol. The quantitative estimate of drug-likeness (QED) is 0.261. The fourth-order valence-electron chi connectivity index (χ4n) is 0.270. The van der Waals surface area contributed by atoms with Gasteiger partial charge < -0.3 is 20.4 Å². The van der Waals surface area contributed by atoms with E-state index in [1.165, 1.54) is 0 Å². The van der Waals surface area contributed by atoms with Gasteiger partial charge in [-0.3, -0.25) is 0 Å². The number of nitriles is 6. The van der Waals surface area contributed by atoms with Crippen LogP contribution >= 0.6 is 0 Å². The van der Waals surface area contributed by atoms with Gasteiger partial charge in [0, 0.05) is 39.4 Å². The van der Waals surface area contributed by atoms with Gasteiger partial charge in [-0.05, 0) is 0 Å². The summed E-state index contributed by atoms with van der Waals surface area (Å²) in [6.45, 7) is 21.0. The first-order valence-corrected chi connectivity index (χ1v) is 4.67. The van der Waals surface area contributed by atoms with Crippen LogP contribution in [0.2, 0.25) is 0 Å². The Kier molecular flexibility index (Phi) is 250. The van der Waals surface area contributed by atoms with Crippen molar-refractivity contribution in [1.82, 2.24) is 0 Å². The Morgan fingerprint density at radius 1 is 0.667 bits per heavy atom. The number of hydrogen-bond acceptors (Lipinski definition) is 12. The summed E-state index contributed by atoms with van der Waals surface area (Å²) in [7, 11) is 0. The molecule has 141 valence electrons. The number of carboxylic acid groups (broad SMARTS) is 2. The van der Waals surface area contributed by atoms with Gasteiger partial charge in [-0.1, -0.05) is 0 Å². The number of aliphatic carboxylic acids is 2. The first-order chi connectivity index (χ1) is 11.9. The van der Waals surface area contributed by atoms with Crippen LogP contribution in [0, 0.1) is 75.9 Å². The van der Waals surface area contributed by atoms with Crippen molar-refractivity contribution in [3.05, 3.63) is 4.91 Å². The van der Waals surface area contributed by atoms with Crippen molar-refractivity contribution in [3.63, 3.8) is 0 Å². The molecule has 0 aliphatic heterocycles. The van der Waals surface area contributed by atoms with Crippen molar-refractivity contribution in [2.75, 3.05) is 0 Å². The number of carboxylic acids is 2. The Bertz CT molecular complexity index is 363. The van der Waals surface area contributed by atoms with Crippen LogP contribution in [0.15, 0.2) is 4.19 Å². The van der Waals surface area contributed by atoms with Gasteiger partial charge in [-0.15, -0.1) is 0 Å². The van der Waals surface area contributed by atoms with Gasteiger partial charge in [0.25, 0.3) is 0 Å². The van der Waals surface area contributed by atoms with Crippen molar-refractivity contribution in [2.45, 2.75) is 12.2 Å². The van der Waals surface area contributed by atoms with Crippen molar-refractivity contribution in [3.8, 4) is 39.4 Å². The first-order valence-electron chi connectivity index (χ1n) is 4.17. The van der Waals surface area contributed by atoms with Crippen LogP contribution in [-0.2, 0) is 25.8 Å². The summed E-state index contributed by atoms with van der Waals surface area (Å²) in [5.74, 6) is -3.54. The van der Waals surface area contributed by atoms with Gasteiger partial charge in [0.1, 0.15) is 0 Å². The third-order valence-corrected chi connectivity index (χ3v) is 0.805. The second-order valence-electron chi connectivity index (χ2n) is 1.63. The van der Waals surface area contributed by atoms with Gasteiger partial charge in [0.05, 0.1) is 0 Å². The Morgan fingerprint density at radius 2 is 0.741 bits per heavy atom. The molecule has 0 amide bonds. The fourth-order valence-corrected chi connectivity index (χ4v) is 0.270. The Hall–Kier alpha value is -2.08. The third-order valence-electron chi connectivity index (χ3n) is 0.805. The van der Waals surface area contributed by atoms with Crippen LogP contribution in [0.25, 0.3) is 0 Å². The third kappa shape index (κ3) is 117. The Balaban J connectivity index is -0.0000000181. The van der Waals surface area contributed by atoms with E-state index >= 15 is 0 Å². The zero-order valence-corrected chi connectivity index (χ0v) is 13.2. The van der Waals surface area contributed by atoms with Gasteiger partial charge in [0.15, 0.2) is 12.2 Å². The number of aliphatic hydroxyl groups excluding tert-OH is 2. The maximum absolute atomic E-state index is 9.77. The molecule has 4 N–H and O–H groups in total. The molecule has 0 aromatic carbocycles. The molecule has 0 saturated heterocycles. The van der Waals surface area contributed by atoms with Crippen LogP contribution in [0.3, 0.4) is 0 Å². The van der Waals surface area contributed by atoms with E-state index in [4.69, 9.17) is 56.9 Å². The Labute approximate surface area is 208 Å². The topological polar surface area (TPSA) is 287 Å².